The van der Waals surface area contributed by atoms with Crippen molar-refractivity contribution in [1.29, 1.82) is 5.26 Å². The molecule has 0 amide bonds. The summed E-state index contributed by atoms with van der Waals surface area (Å²) in [5.74, 6) is 0. The average molecular weight is 218 g/mol. The molecule has 0 aliphatic rings. The van der Waals surface area contributed by atoms with Gasteiger partial charge in [0.05, 0.1) is 18.8 Å². The van der Waals surface area contributed by atoms with Crippen molar-refractivity contribution in [1.82, 2.24) is 5.32 Å². The molecular formula is C13H18N2O. The van der Waals surface area contributed by atoms with E-state index in [0.717, 1.165) is 5.56 Å². The topological polar surface area (TPSA) is 45.0 Å². The minimum Gasteiger partial charge on any atom is -0.375 e. The molecule has 1 atom stereocenters. The molecule has 0 aromatic heterocycles. The van der Waals surface area contributed by atoms with E-state index in [-0.39, 0.29) is 6.10 Å². The van der Waals surface area contributed by atoms with Crippen molar-refractivity contribution >= 4 is 0 Å². The smallest absolute Gasteiger partial charge is 0.155 e. The van der Waals surface area contributed by atoms with Crippen LogP contribution in [0.5, 0.6) is 0 Å². The van der Waals surface area contributed by atoms with E-state index in [0.29, 0.717) is 6.61 Å². The van der Waals surface area contributed by atoms with Gasteiger partial charge in [-0.3, -0.25) is 5.32 Å². The quantitative estimate of drug-likeness (QED) is 0.822. The normalized spacial score (nSPS) is 14.4. The van der Waals surface area contributed by atoms with Crippen molar-refractivity contribution < 1.29 is 4.74 Å². The SMILES string of the molecule is CNC(C#N)(COC(C)C)c1ccccc1. The van der Waals surface area contributed by atoms with Crippen LogP contribution in [0.3, 0.4) is 0 Å². The Kier molecular flexibility index (Phi) is 4.48. The molecule has 86 valence electrons. The van der Waals surface area contributed by atoms with Crippen LogP contribution in [0.4, 0.5) is 0 Å². The van der Waals surface area contributed by atoms with Crippen LogP contribution in [-0.2, 0) is 10.3 Å². The summed E-state index contributed by atoms with van der Waals surface area (Å²) in [6.45, 7) is 4.27. The van der Waals surface area contributed by atoms with E-state index < -0.39 is 5.54 Å². The van der Waals surface area contributed by atoms with Crippen LogP contribution < -0.4 is 5.32 Å². The van der Waals surface area contributed by atoms with E-state index in [4.69, 9.17) is 4.74 Å². The Morgan fingerprint density at radius 2 is 2.00 bits per heavy atom. The van der Waals surface area contributed by atoms with Crippen LogP contribution in [0.2, 0.25) is 0 Å². The van der Waals surface area contributed by atoms with Crippen molar-refractivity contribution in [3.63, 3.8) is 0 Å². The summed E-state index contributed by atoms with van der Waals surface area (Å²) in [6, 6.07) is 12.0. The summed E-state index contributed by atoms with van der Waals surface area (Å²) in [5.41, 5.74) is 0.173. The Balaban J connectivity index is 2.93. The van der Waals surface area contributed by atoms with Gasteiger partial charge in [0.25, 0.3) is 0 Å². The molecule has 3 heteroatoms. The van der Waals surface area contributed by atoms with E-state index in [1.54, 1.807) is 7.05 Å². The molecule has 0 saturated carbocycles. The minimum absolute atomic E-state index is 0.116. The first-order valence-corrected chi connectivity index (χ1v) is 5.42. The first kappa shape index (κ1) is 12.7. The zero-order valence-corrected chi connectivity index (χ0v) is 10.0. The Morgan fingerprint density at radius 1 is 1.38 bits per heavy atom. The van der Waals surface area contributed by atoms with Crippen LogP contribution in [0.25, 0.3) is 0 Å². The fourth-order valence-corrected chi connectivity index (χ4v) is 1.47. The summed E-state index contributed by atoms with van der Waals surface area (Å²) in [4.78, 5) is 0. The molecule has 0 heterocycles. The molecular weight excluding hydrogens is 200 g/mol. The van der Waals surface area contributed by atoms with Crippen molar-refractivity contribution in [2.24, 2.45) is 0 Å². The van der Waals surface area contributed by atoms with Gasteiger partial charge in [0.1, 0.15) is 0 Å². The first-order chi connectivity index (χ1) is 7.64. The van der Waals surface area contributed by atoms with Crippen molar-refractivity contribution in [2.75, 3.05) is 13.7 Å². The van der Waals surface area contributed by atoms with Crippen LogP contribution in [0.1, 0.15) is 19.4 Å². The summed E-state index contributed by atoms with van der Waals surface area (Å²) < 4.78 is 5.56. The van der Waals surface area contributed by atoms with Crippen LogP contribution in [0, 0.1) is 11.3 Å². The monoisotopic (exact) mass is 218 g/mol. The van der Waals surface area contributed by atoms with E-state index >= 15 is 0 Å². The lowest BCUT2D eigenvalue weighted by Gasteiger charge is -2.27. The zero-order chi connectivity index (χ0) is 12.0. The number of rotatable bonds is 5. The molecule has 1 rings (SSSR count). The molecule has 1 aromatic rings. The Labute approximate surface area is 97.0 Å². The highest BCUT2D eigenvalue weighted by Crippen LogP contribution is 2.20. The average Bonchev–Trinajstić information content (AvgIpc) is 2.32. The van der Waals surface area contributed by atoms with Gasteiger partial charge in [-0.05, 0) is 26.5 Å². The highest BCUT2D eigenvalue weighted by molar-refractivity contribution is 5.31. The molecule has 1 N–H and O–H groups in total. The Hall–Kier alpha value is -1.37. The number of hydrogen-bond acceptors (Lipinski definition) is 3. The molecule has 0 saturated heterocycles. The van der Waals surface area contributed by atoms with Gasteiger partial charge >= 0.3 is 0 Å². The first-order valence-electron chi connectivity index (χ1n) is 5.42. The molecule has 16 heavy (non-hydrogen) atoms. The maximum absolute atomic E-state index is 9.35. The molecule has 0 spiro atoms. The minimum atomic E-state index is -0.758. The number of nitriles is 1. The number of nitrogens with one attached hydrogen (secondary N) is 1. The second-order valence-corrected chi connectivity index (χ2v) is 3.99. The summed E-state index contributed by atoms with van der Waals surface area (Å²) in [5, 5.41) is 12.4. The highest BCUT2D eigenvalue weighted by Gasteiger charge is 2.30. The maximum Gasteiger partial charge on any atom is 0.155 e. The van der Waals surface area contributed by atoms with Crippen LogP contribution in [-0.4, -0.2) is 19.8 Å². The summed E-state index contributed by atoms with van der Waals surface area (Å²) >= 11 is 0. The van der Waals surface area contributed by atoms with Crippen LogP contribution in [0.15, 0.2) is 30.3 Å². The largest absolute Gasteiger partial charge is 0.375 e. The van der Waals surface area contributed by atoms with Crippen molar-refractivity contribution in [3.8, 4) is 6.07 Å². The van der Waals surface area contributed by atoms with Crippen molar-refractivity contribution in [3.05, 3.63) is 35.9 Å². The van der Waals surface area contributed by atoms with Gasteiger partial charge < -0.3 is 4.74 Å². The lowest BCUT2D eigenvalue weighted by atomic mass is 9.92. The third kappa shape index (κ3) is 2.82. The predicted molar refractivity (Wildman–Crippen MR) is 63.9 cm³/mol. The molecule has 0 bridgehead atoms. The third-order valence-electron chi connectivity index (χ3n) is 2.52. The molecule has 1 aromatic carbocycles. The third-order valence-corrected chi connectivity index (χ3v) is 2.52. The summed E-state index contributed by atoms with van der Waals surface area (Å²) in [7, 11) is 1.78. The molecule has 0 fully saturated rings. The second-order valence-electron chi connectivity index (χ2n) is 3.99. The maximum atomic E-state index is 9.35. The van der Waals surface area contributed by atoms with E-state index in [2.05, 4.69) is 11.4 Å². The Morgan fingerprint density at radius 3 is 2.44 bits per heavy atom. The van der Waals surface area contributed by atoms with Gasteiger partial charge in [-0.15, -0.1) is 0 Å². The van der Waals surface area contributed by atoms with Crippen molar-refractivity contribution in [2.45, 2.75) is 25.5 Å². The molecule has 3 nitrogen and oxygen atoms in total. The predicted octanol–water partition coefficient (Wildman–Crippen LogP) is 2.05. The number of hydrogen-bond donors (Lipinski definition) is 1. The molecule has 1 unspecified atom stereocenters. The summed E-state index contributed by atoms with van der Waals surface area (Å²) in [6.07, 6.45) is 0.116. The number of benzene rings is 1. The fraction of sp³-hybridized carbons (Fsp3) is 0.462. The Bertz CT molecular complexity index is 356. The lowest BCUT2D eigenvalue weighted by molar-refractivity contribution is 0.0452. The number of likely N-dealkylation sites (N-methyl/N-ethyl adjacent to an activating group) is 1. The van der Waals surface area contributed by atoms with Gasteiger partial charge in [0.15, 0.2) is 5.54 Å². The van der Waals surface area contributed by atoms with Gasteiger partial charge in [-0.2, -0.15) is 5.26 Å². The molecule has 0 aliphatic heterocycles. The van der Waals surface area contributed by atoms with Gasteiger partial charge in [0.2, 0.25) is 0 Å². The number of ether oxygens (including phenoxy) is 1. The fourth-order valence-electron chi connectivity index (χ4n) is 1.47. The van der Waals surface area contributed by atoms with Gasteiger partial charge in [-0.1, -0.05) is 30.3 Å². The second kappa shape index (κ2) is 5.64. The molecule has 0 aliphatic carbocycles. The number of nitrogens with zero attached hydrogens (tertiary/aromatic N) is 1. The van der Waals surface area contributed by atoms with Crippen LogP contribution >= 0.6 is 0 Å². The van der Waals surface area contributed by atoms with E-state index in [9.17, 15) is 5.26 Å². The lowest BCUT2D eigenvalue weighted by Crippen LogP contribution is -2.43. The van der Waals surface area contributed by atoms with Gasteiger partial charge in [-0.25, -0.2) is 0 Å². The van der Waals surface area contributed by atoms with E-state index in [1.165, 1.54) is 0 Å². The van der Waals surface area contributed by atoms with E-state index in [1.807, 2.05) is 44.2 Å². The van der Waals surface area contributed by atoms with Gasteiger partial charge in [0, 0.05) is 0 Å². The standard InChI is InChI=1S/C13H18N2O/c1-11(2)16-10-13(9-14,15-3)12-7-5-4-6-8-12/h4-8,11,15H,10H2,1-3H3. The zero-order valence-electron chi connectivity index (χ0n) is 10.0. The highest BCUT2D eigenvalue weighted by atomic mass is 16.5. The molecule has 0 radical (unpaired) electrons.